The number of carbonyl (C=O) groups is 3. The highest BCUT2D eigenvalue weighted by Gasteiger charge is 2.18. The smallest absolute Gasteiger partial charge is 0.251 e. The van der Waals surface area contributed by atoms with E-state index in [2.05, 4.69) is 4.98 Å². The van der Waals surface area contributed by atoms with Gasteiger partial charge in [0.25, 0.3) is 5.91 Å². The van der Waals surface area contributed by atoms with Crippen LogP contribution < -0.4 is 11.5 Å². The molecule has 118 valence electrons. The van der Waals surface area contributed by atoms with Gasteiger partial charge in [0, 0.05) is 35.0 Å². The van der Waals surface area contributed by atoms with Gasteiger partial charge in [-0.3, -0.25) is 14.4 Å². The predicted molar refractivity (Wildman–Crippen MR) is 83.5 cm³/mol. The van der Waals surface area contributed by atoms with Crippen LogP contribution in [0.2, 0.25) is 0 Å². The second kappa shape index (κ2) is 6.75. The number of nitrogens with one attached hydrogen (secondary N) is 1. The fourth-order valence-corrected chi connectivity index (χ4v) is 2.49. The summed E-state index contributed by atoms with van der Waals surface area (Å²) in [6.07, 6.45) is 0.956. The Balaban J connectivity index is 2.40. The van der Waals surface area contributed by atoms with Gasteiger partial charge in [0.1, 0.15) is 0 Å². The lowest BCUT2D eigenvalue weighted by Gasteiger charge is -2.00. The van der Waals surface area contributed by atoms with Crippen LogP contribution in [0.4, 0.5) is 0 Å². The SMILES string of the molecule is N#CCCCC(=O)c1ccc2c(C(N)=O)c(CC(N)=O)[nH]c2c1. The number of rotatable bonds is 7. The number of nitrogens with zero attached hydrogens (tertiary/aromatic N) is 1. The molecule has 0 radical (unpaired) electrons. The molecule has 0 aliphatic carbocycles. The molecule has 7 heteroatoms. The quantitative estimate of drug-likeness (QED) is 0.520. The second-order valence-electron chi connectivity index (χ2n) is 5.18. The first kappa shape index (κ1) is 16.2. The Morgan fingerprint density at radius 1 is 1.22 bits per heavy atom. The zero-order valence-electron chi connectivity index (χ0n) is 12.4. The van der Waals surface area contributed by atoms with Crippen LogP contribution in [0.25, 0.3) is 10.9 Å². The second-order valence-corrected chi connectivity index (χ2v) is 5.18. The fourth-order valence-electron chi connectivity index (χ4n) is 2.49. The van der Waals surface area contributed by atoms with E-state index in [9.17, 15) is 14.4 Å². The molecule has 2 amide bonds. The number of nitrogens with two attached hydrogens (primary N) is 2. The molecule has 0 unspecified atom stereocenters. The first-order valence-electron chi connectivity index (χ1n) is 7.07. The summed E-state index contributed by atoms with van der Waals surface area (Å²) in [5, 5.41) is 9.04. The number of amides is 2. The number of primary amides is 2. The van der Waals surface area contributed by atoms with Gasteiger partial charge >= 0.3 is 0 Å². The normalized spacial score (nSPS) is 10.4. The van der Waals surface area contributed by atoms with E-state index in [4.69, 9.17) is 16.7 Å². The van der Waals surface area contributed by atoms with E-state index in [1.54, 1.807) is 18.2 Å². The molecule has 2 aromatic rings. The van der Waals surface area contributed by atoms with Crippen molar-refractivity contribution in [2.45, 2.75) is 25.7 Å². The molecule has 0 saturated carbocycles. The summed E-state index contributed by atoms with van der Waals surface area (Å²) in [7, 11) is 0. The van der Waals surface area contributed by atoms with Gasteiger partial charge in [0.05, 0.1) is 18.1 Å². The van der Waals surface area contributed by atoms with Gasteiger partial charge in [-0.2, -0.15) is 5.26 Å². The molecular formula is C16H16N4O3. The first-order chi connectivity index (χ1) is 10.9. The number of hydrogen-bond donors (Lipinski definition) is 3. The van der Waals surface area contributed by atoms with Crippen molar-refractivity contribution in [1.82, 2.24) is 4.98 Å². The summed E-state index contributed by atoms with van der Waals surface area (Å²) in [5.41, 5.74) is 12.1. The number of ketones is 1. The molecule has 0 saturated heterocycles. The molecule has 0 bridgehead atoms. The van der Waals surface area contributed by atoms with Crippen LogP contribution in [0.3, 0.4) is 0 Å². The Kier molecular flexibility index (Phi) is 4.76. The maximum Gasteiger partial charge on any atom is 0.251 e. The van der Waals surface area contributed by atoms with Gasteiger partial charge in [-0.05, 0) is 12.5 Å². The molecule has 1 aromatic heterocycles. The molecule has 1 aromatic carbocycles. The lowest BCUT2D eigenvalue weighted by Crippen LogP contribution is -2.18. The number of unbranched alkanes of at least 4 members (excludes halogenated alkanes) is 1. The topological polar surface area (TPSA) is 143 Å². The highest BCUT2D eigenvalue weighted by atomic mass is 16.1. The highest BCUT2D eigenvalue weighted by Crippen LogP contribution is 2.24. The zero-order valence-corrected chi connectivity index (χ0v) is 12.4. The third-order valence-corrected chi connectivity index (χ3v) is 3.49. The Bertz CT molecular complexity index is 830. The molecule has 0 aliphatic rings. The van der Waals surface area contributed by atoms with Gasteiger partial charge in [-0.25, -0.2) is 0 Å². The van der Waals surface area contributed by atoms with Gasteiger partial charge < -0.3 is 16.5 Å². The number of H-pyrrole nitrogens is 1. The molecule has 7 nitrogen and oxygen atoms in total. The number of hydrogen-bond acceptors (Lipinski definition) is 4. The number of fused-ring (bicyclic) bond motifs is 1. The van der Waals surface area contributed by atoms with Crippen molar-refractivity contribution >= 4 is 28.5 Å². The van der Waals surface area contributed by atoms with E-state index >= 15 is 0 Å². The van der Waals surface area contributed by atoms with Gasteiger partial charge in [-0.1, -0.05) is 12.1 Å². The summed E-state index contributed by atoms with van der Waals surface area (Å²) in [4.78, 5) is 37.7. The average Bonchev–Trinajstić information content (AvgIpc) is 2.83. The van der Waals surface area contributed by atoms with Crippen LogP contribution in [0, 0.1) is 11.3 Å². The van der Waals surface area contributed by atoms with Crippen LogP contribution >= 0.6 is 0 Å². The maximum atomic E-state index is 12.1. The Morgan fingerprint density at radius 3 is 2.57 bits per heavy atom. The van der Waals surface area contributed by atoms with Gasteiger partial charge in [0.2, 0.25) is 5.91 Å². The van der Waals surface area contributed by atoms with Crippen molar-refractivity contribution in [2.75, 3.05) is 0 Å². The molecule has 5 N–H and O–H groups in total. The van der Waals surface area contributed by atoms with Crippen LogP contribution in [0.1, 0.15) is 45.7 Å². The minimum absolute atomic E-state index is 0.0890. The van der Waals surface area contributed by atoms with E-state index in [-0.39, 0.29) is 24.2 Å². The van der Waals surface area contributed by atoms with Gasteiger partial charge in [0.15, 0.2) is 5.78 Å². The van der Waals surface area contributed by atoms with E-state index in [1.165, 1.54) is 0 Å². The number of aromatic amines is 1. The third kappa shape index (κ3) is 3.55. The number of carbonyl (C=O) groups excluding carboxylic acids is 3. The first-order valence-corrected chi connectivity index (χ1v) is 7.07. The number of Topliss-reactive ketones (excluding diaryl/α,β-unsaturated/α-hetero) is 1. The molecule has 0 spiro atoms. The highest BCUT2D eigenvalue weighted by molar-refractivity contribution is 6.09. The molecular weight excluding hydrogens is 296 g/mol. The Hall–Kier alpha value is -3.14. The predicted octanol–water partition coefficient (Wildman–Crippen LogP) is 1.17. The van der Waals surface area contributed by atoms with Crippen molar-refractivity contribution < 1.29 is 14.4 Å². The summed E-state index contributed by atoms with van der Waals surface area (Å²) >= 11 is 0. The lowest BCUT2D eigenvalue weighted by molar-refractivity contribution is -0.117. The van der Waals surface area contributed by atoms with Crippen LogP contribution in [0.5, 0.6) is 0 Å². The van der Waals surface area contributed by atoms with E-state index in [0.717, 1.165) is 0 Å². The maximum absolute atomic E-state index is 12.1. The average molecular weight is 312 g/mol. The summed E-state index contributed by atoms with van der Waals surface area (Å²) < 4.78 is 0. The standard InChI is InChI=1S/C16H16N4O3/c17-6-2-1-3-13(21)9-4-5-10-11(7-9)20-12(8-14(18)22)15(10)16(19)23/h4-5,7,20H,1-3,8H2,(H2,18,22)(H2,19,23). The molecule has 2 rings (SSSR count). The number of benzene rings is 1. The largest absolute Gasteiger partial charge is 0.369 e. The molecule has 0 aliphatic heterocycles. The summed E-state index contributed by atoms with van der Waals surface area (Å²) in [6, 6.07) is 6.83. The number of aromatic nitrogens is 1. The van der Waals surface area contributed by atoms with Crippen LogP contribution in [-0.4, -0.2) is 22.6 Å². The minimum Gasteiger partial charge on any atom is -0.369 e. The Morgan fingerprint density at radius 2 is 1.96 bits per heavy atom. The molecule has 0 atom stereocenters. The monoisotopic (exact) mass is 312 g/mol. The van der Waals surface area contributed by atoms with Crippen molar-refractivity contribution in [2.24, 2.45) is 11.5 Å². The fraction of sp³-hybridized carbons (Fsp3) is 0.250. The van der Waals surface area contributed by atoms with Crippen molar-refractivity contribution in [1.29, 1.82) is 5.26 Å². The van der Waals surface area contributed by atoms with E-state index in [0.29, 0.717) is 35.0 Å². The van der Waals surface area contributed by atoms with Crippen molar-refractivity contribution in [3.63, 3.8) is 0 Å². The molecule has 23 heavy (non-hydrogen) atoms. The Labute approximate surface area is 132 Å². The molecule has 1 heterocycles. The summed E-state index contributed by atoms with van der Waals surface area (Å²) in [6.45, 7) is 0. The van der Waals surface area contributed by atoms with Crippen LogP contribution in [0.15, 0.2) is 18.2 Å². The zero-order chi connectivity index (χ0) is 17.0. The van der Waals surface area contributed by atoms with Crippen molar-refractivity contribution in [3.05, 3.63) is 35.0 Å². The lowest BCUT2D eigenvalue weighted by atomic mass is 10.0. The van der Waals surface area contributed by atoms with E-state index in [1.807, 2.05) is 6.07 Å². The van der Waals surface area contributed by atoms with Crippen LogP contribution in [-0.2, 0) is 11.2 Å². The number of nitriles is 1. The third-order valence-electron chi connectivity index (χ3n) is 3.49. The van der Waals surface area contributed by atoms with E-state index < -0.39 is 11.8 Å². The summed E-state index contributed by atoms with van der Waals surface area (Å²) in [5.74, 6) is -1.35. The van der Waals surface area contributed by atoms with Crippen molar-refractivity contribution in [3.8, 4) is 6.07 Å². The molecule has 0 fully saturated rings. The minimum atomic E-state index is -0.666. The van der Waals surface area contributed by atoms with Gasteiger partial charge in [-0.15, -0.1) is 0 Å².